The van der Waals surface area contributed by atoms with E-state index in [0.29, 0.717) is 5.54 Å². The van der Waals surface area contributed by atoms with Gasteiger partial charge in [0, 0.05) is 6.08 Å². The first-order valence-corrected chi connectivity index (χ1v) is 11.0. The van der Waals surface area contributed by atoms with Gasteiger partial charge in [0.2, 0.25) is 0 Å². The van der Waals surface area contributed by atoms with Gasteiger partial charge in [-0.25, -0.2) is 4.79 Å². The average molecular weight is 264 g/mol. The molecule has 3 aliphatic rings. The van der Waals surface area contributed by atoms with Crippen LogP contribution in [0.5, 0.6) is 0 Å². The first kappa shape index (κ1) is 12.5. The van der Waals surface area contributed by atoms with E-state index in [0.717, 1.165) is 18.8 Å². The molecule has 0 amide bonds. The molecule has 0 saturated heterocycles. The maximum absolute atomic E-state index is 11.7. The highest BCUT2D eigenvalue weighted by Crippen LogP contribution is 2.60. The number of rotatable bonds is 1. The molecule has 2 bridgehead atoms. The van der Waals surface area contributed by atoms with Gasteiger partial charge in [0.15, 0.2) is 0 Å². The maximum atomic E-state index is 11.7. The molecule has 0 aromatic carbocycles. The number of hydrogen-bond acceptors (Lipinski definition) is 2. The Hall–Kier alpha value is -0.573. The molecule has 2 fully saturated rings. The average Bonchev–Trinajstić information content (AvgIpc) is 2.64. The number of ether oxygens (including phenoxy) is 1. The molecule has 3 unspecified atom stereocenters. The fourth-order valence-corrected chi connectivity index (χ4v) is 7.58. The van der Waals surface area contributed by atoms with Crippen LogP contribution < -0.4 is 0 Å². The van der Waals surface area contributed by atoms with Crippen LogP contribution in [0.15, 0.2) is 11.6 Å². The van der Waals surface area contributed by atoms with E-state index in [-0.39, 0.29) is 11.6 Å². The van der Waals surface area contributed by atoms with E-state index in [1.165, 1.54) is 31.3 Å². The molecule has 3 heteroatoms. The fraction of sp³-hybridized carbons (Fsp3) is 0.800. The van der Waals surface area contributed by atoms with Crippen molar-refractivity contribution in [2.45, 2.75) is 69.3 Å². The first-order valence-electron chi connectivity index (χ1n) is 7.37. The molecular formula is C15H24O2Si. The Morgan fingerprint density at radius 2 is 2.06 bits per heavy atom. The van der Waals surface area contributed by atoms with Gasteiger partial charge < -0.3 is 4.74 Å². The summed E-state index contributed by atoms with van der Waals surface area (Å²) < 4.78 is 5.80. The van der Waals surface area contributed by atoms with Gasteiger partial charge in [0.1, 0.15) is 5.60 Å². The Morgan fingerprint density at radius 1 is 1.28 bits per heavy atom. The van der Waals surface area contributed by atoms with Crippen LogP contribution >= 0.6 is 0 Å². The summed E-state index contributed by atoms with van der Waals surface area (Å²) in [6, 6.07) is 0. The highest BCUT2D eigenvalue weighted by molar-refractivity contribution is 6.78. The smallest absolute Gasteiger partial charge is 0.331 e. The fourth-order valence-electron chi connectivity index (χ4n) is 4.60. The Kier molecular flexibility index (Phi) is 2.74. The van der Waals surface area contributed by atoms with E-state index in [9.17, 15) is 4.79 Å². The summed E-state index contributed by atoms with van der Waals surface area (Å²) >= 11 is 0. The molecular weight excluding hydrogens is 240 g/mol. The zero-order valence-corrected chi connectivity index (χ0v) is 12.8. The lowest BCUT2D eigenvalue weighted by molar-refractivity contribution is -0.147. The number of hydrogen-bond donors (Lipinski definition) is 0. The third kappa shape index (κ3) is 1.78. The Bertz CT molecular complexity index is 407. The third-order valence-electron chi connectivity index (χ3n) is 5.08. The SMILES string of the molecule is C[Si](C)(C)C1C2=CC(=O)OC23CCCCCC1C3. The lowest BCUT2D eigenvalue weighted by atomic mass is 9.87. The van der Waals surface area contributed by atoms with E-state index in [2.05, 4.69) is 19.6 Å². The van der Waals surface area contributed by atoms with Crippen LogP contribution in [0.25, 0.3) is 0 Å². The molecule has 3 atom stereocenters. The van der Waals surface area contributed by atoms with E-state index in [1.807, 2.05) is 6.08 Å². The molecule has 0 aromatic rings. The summed E-state index contributed by atoms with van der Waals surface area (Å²) in [7, 11) is -1.28. The number of carbonyl (C=O) groups excluding carboxylic acids is 1. The molecule has 2 nitrogen and oxygen atoms in total. The number of esters is 1. The second kappa shape index (κ2) is 3.96. The van der Waals surface area contributed by atoms with Crippen molar-refractivity contribution in [3.8, 4) is 0 Å². The van der Waals surface area contributed by atoms with E-state index >= 15 is 0 Å². The van der Waals surface area contributed by atoms with Gasteiger partial charge in [0.25, 0.3) is 0 Å². The largest absolute Gasteiger partial charge is 0.451 e. The van der Waals surface area contributed by atoms with Crippen LogP contribution in [-0.2, 0) is 9.53 Å². The standard InChI is InChI=1S/C15H24O2Si/c1-18(2,3)14-11-7-5-4-6-8-15(10-11)12(14)9-13(16)17-15/h9,11,14H,4-8,10H2,1-3H3. The van der Waals surface area contributed by atoms with Crippen LogP contribution in [0.4, 0.5) is 0 Å². The molecule has 2 aliphatic carbocycles. The summed E-state index contributed by atoms with van der Waals surface area (Å²) in [6.45, 7) is 7.34. The van der Waals surface area contributed by atoms with Crippen molar-refractivity contribution in [1.29, 1.82) is 0 Å². The van der Waals surface area contributed by atoms with Crippen LogP contribution in [0.1, 0.15) is 38.5 Å². The minimum Gasteiger partial charge on any atom is -0.451 e. The Labute approximate surface area is 111 Å². The normalized spacial score (nSPS) is 39.7. The van der Waals surface area contributed by atoms with E-state index in [4.69, 9.17) is 4.74 Å². The molecule has 1 aliphatic heterocycles. The maximum Gasteiger partial charge on any atom is 0.331 e. The minimum absolute atomic E-state index is 0.0766. The molecule has 2 saturated carbocycles. The lowest BCUT2D eigenvalue weighted by Crippen LogP contribution is -2.33. The zero-order chi connectivity index (χ0) is 13.0. The van der Waals surface area contributed by atoms with Gasteiger partial charge in [-0.05, 0) is 42.7 Å². The van der Waals surface area contributed by atoms with E-state index < -0.39 is 8.07 Å². The third-order valence-corrected chi connectivity index (χ3v) is 7.73. The second-order valence-electron chi connectivity index (χ2n) is 7.42. The van der Waals surface area contributed by atoms with Crippen molar-refractivity contribution < 1.29 is 9.53 Å². The molecule has 1 heterocycles. The Balaban J connectivity index is 2.04. The molecule has 0 aromatic heterocycles. The second-order valence-corrected chi connectivity index (χ2v) is 12.8. The summed E-state index contributed by atoms with van der Waals surface area (Å²) in [5, 5.41) is 0. The highest BCUT2D eigenvalue weighted by Gasteiger charge is 2.57. The quantitative estimate of drug-likeness (QED) is 0.530. The van der Waals surface area contributed by atoms with Gasteiger partial charge in [-0.1, -0.05) is 32.5 Å². The molecule has 3 rings (SSSR count). The van der Waals surface area contributed by atoms with Crippen molar-refractivity contribution in [2.24, 2.45) is 5.92 Å². The highest BCUT2D eigenvalue weighted by atomic mass is 28.3. The Morgan fingerprint density at radius 3 is 2.78 bits per heavy atom. The summed E-state index contributed by atoms with van der Waals surface area (Å²) in [6.07, 6.45) is 9.27. The van der Waals surface area contributed by atoms with E-state index in [1.54, 1.807) is 0 Å². The number of carbonyl (C=O) groups is 1. The van der Waals surface area contributed by atoms with Gasteiger partial charge in [-0.2, -0.15) is 0 Å². The van der Waals surface area contributed by atoms with Crippen LogP contribution in [-0.4, -0.2) is 19.6 Å². The van der Waals surface area contributed by atoms with Crippen LogP contribution in [0.3, 0.4) is 0 Å². The van der Waals surface area contributed by atoms with Crippen LogP contribution in [0, 0.1) is 5.92 Å². The topological polar surface area (TPSA) is 26.3 Å². The lowest BCUT2D eigenvalue weighted by Gasteiger charge is -2.31. The summed E-state index contributed by atoms with van der Waals surface area (Å²) in [4.78, 5) is 11.7. The van der Waals surface area contributed by atoms with Gasteiger partial charge in [0.05, 0.1) is 8.07 Å². The molecule has 1 spiro atoms. The predicted octanol–water partition coefficient (Wildman–Crippen LogP) is 3.90. The summed E-state index contributed by atoms with van der Waals surface area (Å²) in [5.74, 6) is 0.698. The molecule has 100 valence electrons. The summed E-state index contributed by atoms with van der Waals surface area (Å²) in [5.41, 5.74) is 1.88. The van der Waals surface area contributed by atoms with Crippen molar-refractivity contribution in [3.63, 3.8) is 0 Å². The molecule has 18 heavy (non-hydrogen) atoms. The van der Waals surface area contributed by atoms with Crippen LogP contribution in [0.2, 0.25) is 25.2 Å². The predicted molar refractivity (Wildman–Crippen MR) is 75.2 cm³/mol. The van der Waals surface area contributed by atoms with Crippen molar-refractivity contribution in [2.75, 3.05) is 0 Å². The van der Waals surface area contributed by atoms with Gasteiger partial charge >= 0.3 is 5.97 Å². The molecule has 0 radical (unpaired) electrons. The molecule has 0 N–H and O–H groups in total. The van der Waals surface area contributed by atoms with Crippen molar-refractivity contribution in [3.05, 3.63) is 11.6 Å². The van der Waals surface area contributed by atoms with Gasteiger partial charge in [-0.3, -0.25) is 0 Å². The zero-order valence-electron chi connectivity index (χ0n) is 11.8. The van der Waals surface area contributed by atoms with Crippen molar-refractivity contribution in [1.82, 2.24) is 0 Å². The minimum atomic E-state index is -1.28. The first-order chi connectivity index (χ1) is 8.42. The van der Waals surface area contributed by atoms with Crippen molar-refractivity contribution >= 4 is 14.0 Å². The monoisotopic (exact) mass is 264 g/mol. The number of fused-ring (bicyclic) bond motifs is 1. The van der Waals surface area contributed by atoms with Gasteiger partial charge in [-0.15, -0.1) is 0 Å².